The first-order chi connectivity index (χ1) is 8.45. The van der Waals surface area contributed by atoms with Crippen molar-refractivity contribution in [2.24, 2.45) is 0 Å². The lowest BCUT2D eigenvalue weighted by Crippen LogP contribution is -2.34. The zero-order valence-electron chi connectivity index (χ0n) is 10.1. The fraction of sp³-hybridized carbons (Fsp3) is 0.333. The minimum atomic E-state index is -3.61. The normalized spacial score (nSPS) is 11.8. The highest BCUT2D eigenvalue weighted by molar-refractivity contribution is 9.10. The van der Waals surface area contributed by atoms with Gasteiger partial charge < -0.3 is 5.11 Å². The largest absolute Gasteiger partial charge is 0.395 e. The van der Waals surface area contributed by atoms with Crippen LogP contribution >= 0.6 is 15.9 Å². The van der Waals surface area contributed by atoms with E-state index in [-0.39, 0.29) is 24.6 Å². The summed E-state index contributed by atoms with van der Waals surface area (Å²) in [4.78, 5) is 0.243. The van der Waals surface area contributed by atoms with E-state index in [9.17, 15) is 8.42 Å². The molecule has 0 aliphatic carbocycles. The summed E-state index contributed by atoms with van der Waals surface area (Å²) in [5.41, 5.74) is 0.657. The lowest BCUT2D eigenvalue weighted by Gasteiger charge is -2.21. The molecule has 18 heavy (non-hydrogen) atoms. The molecule has 0 unspecified atom stereocenters. The third kappa shape index (κ3) is 3.20. The van der Waals surface area contributed by atoms with Crippen LogP contribution in [0.15, 0.2) is 40.2 Å². The van der Waals surface area contributed by atoms with Crippen molar-refractivity contribution in [3.05, 3.63) is 40.9 Å². The number of hydrogen-bond acceptors (Lipinski definition) is 3. The zero-order valence-corrected chi connectivity index (χ0v) is 12.5. The van der Waals surface area contributed by atoms with E-state index >= 15 is 0 Å². The second-order valence-electron chi connectivity index (χ2n) is 3.74. The maximum Gasteiger partial charge on any atom is 0.243 e. The summed E-state index contributed by atoms with van der Waals surface area (Å²) in [6.45, 7) is 5.28. The van der Waals surface area contributed by atoms with E-state index < -0.39 is 10.0 Å². The van der Waals surface area contributed by atoms with Crippen molar-refractivity contribution < 1.29 is 13.5 Å². The number of benzene rings is 1. The van der Waals surface area contributed by atoms with Crippen molar-refractivity contribution in [2.45, 2.75) is 11.8 Å². The van der Waals surface area contributed by atoms with Gasteiger partial charge in [-0.1, -0.05) is 28.1 Å². The maximum absolute atomic E-state index is 12.4. The average molecular weight is 334 g/mol. The van der Waals surface area contributed by atoms with E-state index in [4.69, 9.17) is 5.11 Å². The molecule has 1 aromatic carbocycles. The molecule has 0 aliphatic heterocycles. The highest BCUT2D eigenvalue weighted by Crippen LogP contribution is 2.25. The highest BCUT2D eigenvalue weighted by Gasteiger charge is 2.25. The molecule has 100 valence electrons. The maximum atomic E-state index is 12.4. The minimum absolute atomic E-state index is 0.0559. The summed E-state index contributed by atoms with van der Waals surface area (Å²) in [5, 5.41) is 8.95. The fourth-order valence-electron chi connectivity index (χ4n) is 1.57. The lowest BCUT2D eigenvalue weighted by molar-refractivity contribution is 0.260. The van der Waals surface area contributed by atoms with Gasteiger partial charge in [-0.25, -0.2) is 8.42 Å². The highest BCUT2D eigenvalue weighted by atomic mass is 79.9. The number of sulfonamides is 1. The Morgan fingerprint density at radius 1 is 1.50 bits per heavy atom. The summed E-state index contributed by atoms with van der Waals surface area (Å²) in [5.74, 6) is 0. The monoisotopic (exact) mass is 333 g/mol. The van der Waals surface area contributed by atoms with Crippen LogP contribution in [0.2, 0.25) is 0 Å². The van der Waals surface area contributed by atoms with Gasteiger partial charge in [0.2, 0.25) is 10.0 Å². The lowest BCUT2D eigenvalue weighted by atomic mass is 10.2. The molecule has 0 fully saturated rings. The van der Waals surface area contributed by atoms with Gasteiger partial charge in [0.05, 0.1) is 11.5 Å². The number of hydrogen-bond donors (Lipinski definition) is 1. The van der Waals surface area contributed by atoms with Crippen molar-refractivity contribution in [1.82, 2.24) is 4.31 Å². The first-order valence-electron chi connectivity index (χ1n) is 5.42. The first-order valence-corrected chi connectivity index (χ1v) is 7.65. The van der Waals surface area contributed by atoms with E-state index in [1.807, 2.05) is 0 Å². The Morgan fingerprint density at radius 3 is 2.72 bits per heavy atom. The topological polar surface area (TPSA) is 57.6 Å². The Morgan fingerprint density at radius 2 is 2.17 bits per heavy atom. The van der Waals surface area contributed by atoms with Gasteiger partial charge in [0.25, 0.3) is 0 Å². The van der Waals surface area contributed by atoms with Crippen molar-refractivity contribution in [1.29, 1.82) is 0 Å². The molecule has 0 aliphatic rings. The minimum Gasteiger partial charge on any atom is -0.395 e. The molecule has 0 atom stereocenters. The SMILES string of the molecule is C=CCN(CCO)S(=O)(=O)c1cccc(Br)c1C. The predicted octanol–water partition coefficient (Wildman–Crippen LogP) is 1.93. The Bertz CT molecular complexity index is 528. The van der Waals surface area contributed by atoms with Crippen LogP contribution < -0.4 is 0 Å². The first kappa shape index (κ1) is 15.4. The van der Waals surface area contributed by atoms with Crippen LogP contribution in [0.1, 0.15) is 5.56 Å². The summed E-state index contributed by atoms with van der Waals surface area (Å²) in [6, 6.07) is 5.02. The third-order valence-corrected chi connectivity index (χ3v) is 5.39. The van der Waals surface area contributed by atoms with E-state index in [0.717, 1.165) is 4.47 Å². The van der Waals surface area contributed by atoms with E-state index in [2.05, 4.69) is 22.5 Å². The van der Waals surface area contributed by atoms with Crippen LogP contribution in [0.3, 0.4) is 0 Å². The molecule has 4 nitrogen and oxygen atoms in total. The molecule has 1 rings (SSSR count). The van der Waals surface area contributed by atoms with Crippen LogP contribution in [-0.2, 0) is 10.0 Å². The molecule has 1 aromatic rings. The van der Waals surface area contributed by atoms with E-state index in [0.29, 0.717) is 5.56 Å². The van der Waals surface area contributed by atoms with Crippen LogP contribution in [0.25, 0.3) is 0 Å². The van der Waals surface area contributed by atoms with Crippen LogP contribution in [0.4, 0.5) is 0 Å². The van der Waals surface area contributed by atoms with Crippen LogP contribution in [-0.4, -0.2) is 37.5 Å². The molecule has 0 bridgehead atoms. The van der Waals surface area contributed by atoms with Gasteiger partial charge in [0.15, 0.2) is 0 Å². The van der Waals surface area contributed by atoms with Crippen molar-refractivity contribution in [3.63, 3.8) is 0 Å². The van der Waals surface area contributed by atoms with Crippen molar-refractivity contribution in [3.8, 4) is 0 Å². The fourth-order valence-corrected chi connectivity index (χ4v) is 3.72. The quantitative estimate of drug-likeness (QED) is 0.809. The van der Waals surface area contributed by atoms with Gasteiger partial charge >= 0.3 is 0 Å². The molecule has 6 heteroatoms. The van der Waals surface area contributed by atoms with Crippen LogP contribution in [0.5, 0.6) is 0 Å². The second kappa shape index (κ2) is 6.47. The second-order valence-corrected chi connectivity index (χ2v) is 6.50. The standard InChI is InChI=1S/C12H16BrNO3S/c1-3-7-14(8-9-15)18(16,17)12-6-4-5-11(13)10(12)2/h3-6,15H,1,7-9H2,2H3. The van der Waals surface area contributed by atoms with Gasteiger partial charge in [-0.2, -0.15) is 4.31 Å². The Hall–Kier alpha value is -0.690. The number of rotatable bonds is 6. The van der Waals surface area contributed by atoms with E-state index in [1.165, 1.54) is 10.4 Å². The van der Waals surface area contributed by atoms with Crippen molar-refractivity contribution in [2.75, 3.05) is 19.7 Å². The molecule has 0 spiro atoms. The molecular formula is C12H16BrNO3S. The molecule has 0 saturated heterocycles. The summed E-state index contributed by atoms with van der Waals surface area (Å²) in [6.07, 6.45) is 1.50. The molecular weight excluding hydrogens is 318 g/mol. The molecule has 1 N–H and O–H groups in total. The predicted molar refractivity (Wildman–Crippen MR) is 74.9 cm³/mol. The number of halogens is 1. The average Bonchev–Trinajstić information content (AvgIpc) is 2.32. The number of nitrogens with zero attached hydrogens (tertiary/aromatic N) is 1. The number of aliphatic hydroxyl groups is 1. The number of aliphatic hydroxyl groups excluding tert-OH is 1. The molecule has 0 radical (unpaired) electrons. The molecule has 0 heterocycles. The molecule has 0 saturated carbocycles. The van der Waals surface area contributed by atoms with E-state index in [1.54, 1.807) is 25.1 Å². The van der Waals surface area contributed by atoms with Crippen molar-refractivity contribution >= 4 is 26.0 Å². The summed E-state index contributed by atoms with van der Waals surface area (Å²) >= 11 is 3.31. The molecule has 0 aromatic heterocycles. The van der Waals surface area contributed by atoms with Gasteiger partial charge in [-0.15, -0.1) is 6.58 Å². The van der Waals surface area contributed by atoms with Gasteiger partial charge in [-0.05, 0) is 24.6 Å². The van der Waals surface area contributed by atoms with Gasteiger partial charge in [0, 0.05) is 17.6 Å². The smallest absolute Gasteiger partial charge is 0.243 e. The van der Waals surface area contributed by atoms with Gasteiger partial charge in [0.1, 0.15) is 0 Å². The Labute approximate surface area is 116 Å². The summed E-state index contributed by atoms with van der Waals surface area (Å²) in [7, 11) is -3.61. The zero-order chi connectivity index (χ0) is 13.8. The summed E-state index contributed by atoms with van der Waals surface area (Å²) < 4.78 is 26.8. The van der Waals surface area contributed by atoms with Crippen LogP contribution in [0, 0.1) is 6.92 Å². The Balaban J connectivity index is 3.26. The molecule has 0 amide bonds. The third-order valence-electron chi connectivity index (χ3n) is 2.52. The Kier molecular flexibility index (Phi) is 5.52. The van der Waals surface area contributed by atoms with Gasteiger partial charge in [-0.3, -0.25) is 0 Å².